The van der Waals surface area contributed by atoms with Gasteiger partial charge in [-0.2, -0.15) is 0 Å². The van der Waals surface area contributed by atoms with Crippen molar-refractivity contribution in [3.05, 3.63) is 48.5 Å². The molecule has 0 aliphatic carbocycles. The summed E-state index contributed by atoms with van der Waals surface area (Å²) in [6.45, 7) is 1.34. The van der Waals surface area contributed by atoms with Crippen molar-refractivity contribution in [2.75, 3.05) is 20.1 Å². The van der Waals surface area contributed by atoms with E-state index in [2.05, 4.69) is 9.71 Å². The zero-order valence-electron chi connectivity index (χ0n) is 13.4. The highest BCUT2D eigenvalue weighted by Crippen LogP contribution is 2.23. The maximum atomic E-state index is 12.7. The number of carbonyl (C=O) groups is 1. The van der Waals surface area contributed by atoms with Crippen LogP contribution in [0.5, 0.6) is 0 Å². The number of hydrogen-bond donors (Lipinski definition) is 1. The summed E-state index contributed by atoms with van der Waals surface area (Å²) in [5.74, 6) is -0.0757. The fourth-order valence-corrected chi connectivity index (χ4v) is 3.68. The molecule has 1 aromatic heterocycles. The molecule has 1 fully saturated rings. The lowest BCUT2D eigenvalue weighted by Crippen LogP contribution is -2.40. The molecule has 1 atom stereocenters. The Morgan fingerprint density at radius 3 is 2.67 bits per heavy atom. The summed E-state index contributed by atoms with van der Waals surface area (Å²) in [5, 5.41) is 0. The van der Waals surface area contributed by atoms with Crippen molar-refractivity contribution in [3.8, 4) is 0 Å². The van der Waals surface area contributed by atoms with Crippen LogP contribution < -0.4 is 4.72 Å². The van der Waals surface area contributed by atoms with Gasteiger partial charge in [-0.1, -0.05) is 0 Å². The summed E-state index contributed by atoms with van der Waals surface area (Å²) in [6, 6.07) is 6.27. The molecule has 1 aliphatic heterocycles. The Morgan fingerprint density at radius 1 is 1.29 bits per heavy atom. The number of amides is 1. The molecule has 1 aromatic carbocycles. The summed E-state index contributed by atoms with van der Waals surface area (Å²) >= 11 is 0. The maximum absolute atomic E-state index is 12.7. The molecular formula is C16H20N4O3S. The molecule has 1 aliphatic rings. The Kier molecular flexibility index (Phi) is 4.68. The SMILES string of the molecule is CNS(=O)(=O)c1ccc(C(=O)N2CCCC(n3ccnc3)C2)cc1. The molecule has 1 N–H and O–H groups in total. The van der Waals surface area contributed by atoms with E-state index in [4.69, 9.17) is 0 Å². The van der Waals surface area contributed by atoms with Crippen molar-refractivity contribution in [2.24, 2.45) is 0 Å². The van der Waals surface area contributed by atoms with Crippen molar-refractivity contribution < 1.29 is 13.2 Å². The smallest absolute Gasteiger partial charge is 0.253 e. The summed E-state index contributed by atoms with van der Waals surface area (Å²) in [4.78, 5) is 18.7. The highest BCUT2D eigenvalue weighted by Gasteiger charge is 2.25. The van der Waals surface area contributed by atoms with Crippen molar-refractivity contribution in [1.82, 2.24) is 19.2 Å². The van der Waals surface area contributed by atoms with Gasteiger partial charge in [0, 0.05) is 31.0 Å². The van der Waals surface area contributed by atoms with Crippen LogP contribution in [0.25, 0.3) is 0 Å². The molecule has 128 valence electrons. The van der Waals surface area contributed by atoms with Crippen LogP contribution in [0.2, 0.25) is 0 Å². The first kappa shape index (κ1) is 16.7. The predicted octanol–water partition coefficient (Wildman–Crippen LogP) is 1.27. The minimum absolute atomic E-state index is 0.0757. The third kappa shape index (κ3) is 3.34. The zero-order chi connectivity index (χ0) is 17.2. The summed E-state index contributed by atoms with van der Waals surface area (Å²) in [5.41, 5.74) is 0.497. The molecule has 3 rings (SSSR count). The fraction of sp³-hybridized carbons (Fsp3) is 0.375. The Hall–Kier alpha value is -2.19. The second-order valence-electron chi connectivity index (χ2n) is 5.79. The number of benzene rings is 1. The van der Waals surface area contributed by atoms with Crippen LogP contribution in [0.1, 0.15) is 29.2 Å². The number of piperidine rings is 1. The number of nitrogens with zero attached hydrogens (tertiary/aromatic N) is 3. The van der Waals surface area contributed by atoms with Gasteiger partial charge in [-0.05, 0) is 44.2 Å². The number of imidazole rings is 1. The highest BCUT2D eigenvalue weighted by atomic mass is 32.2. The van der Waals surface area contributed by atoms with E-state index in [-0.39, 0.29) is 16.8 Å². The normalized spacial score (nSPS) is 18.5. The molecule has 2 heterocycles. The summed E-state index contributed by atoms with van der Waals surface area (Å²) < 4.78 is 27.8. The standard InChI is InChI=1S/C16H20N4O3S/c1-17-24(22,23)15-6-4-13(5-7-15)16(21)19-9-2-3-14(11-19)20-10-8-18-12-20/h4-8,10,12,14,17H,2-3,9,11H2,1H3. The van der Waals surface area contributed by atoms with Crippen molar-refractivity contribution in [3.63, 3.8) is 0 Å². The molecule has 0 radical (unpaired) electrons. The number of rotatable bonds is 4. The van der Waals surface area contributed by atoms with E-state index in [9.17, 15) is 13.2 Å². The third-order valence-electron chi connectivity index (χ3n) is 4.31. The molecule has 1 amide bonds. The molecule has 24 heavy (non-hydrogen) atoms. The largest absolute Gasteiger partial charge is 0.337 e. The van der Waals surface area contributed by atoms with E-state index in [1.165, 1.54) is 19.2 Å². The number of carbonyl (C=O) groups excluding carboxylic acids is 1. The first-order valence-electron chi connectivity index (χ1n) is 7.81. The van der Waals surface area contributed by atoms with E-state index in [0.29, 0.717) is 18.7 Å². The fourth-order valence-electron chi connectivity index (χ4n) is 2.95. The van der Waals surface area contributed by atoms with Gasteiger partial charge in [-0.15, -0.1) is 0 Å². The second-order valence-corrected chi connectivity index (χ2v) is 7.68. The number of nitrogens with one attached hydrogen (secondary N) is 1. The Bertz CT molecular complexity index is 800. The molecule has 0 bridgehead atoms. The number of aromatic nitrogens is 2. The third-order valence-corrected chi connectivity index (χ3v) is 5.74. The average molecular weight is 348 g/mol. The van der Waals surface area contributed by atoms with Crippen molar-refractivity contribution >= 4 is 15.9 Å². The molecule has 8 heteroatoms. The van der Waals surface area contributed by atoms with E-state index in [1.54, 1.807) is 24.7 Å². The molecular weight excluding hydrogens is 328 g/mol. The van der Waals surface area contributed by atoms with Gasteiger partial charge in [0.1, 0.15) is 0 Å². The van der Waals surface area contributed by atoms with Gasteiger partial charge in [0.25, 0.3) is 5.91 Å². The van der Waals surface area contributed by atoms with Crippen LogP contribution in [0.3, 0.4) is 0 Å². The van der Waals surface area contributed by atoms with Crippen LogP contribution in [0, 0.1) is 0 Å². The van der Waals surface area contributed by atoms with Crippen molar-refractivity contribution in [2.45, 2.75) is 23.8 Å². The number of hydrogen-bond acceptors (Lipinski definition) is 4. The molecule has 7 nitrogen and oxygen atoms in total. The van der Waals surface area contributed by atoms with Crippen LogP contribution >= 0.6 is 0 Å². The van der Waals surface area contributed by atoms with E-state index in [0.717, 1.165) is 12.8 Å². The number of sulfonamides is 1. The van der Waals surface area contributed by atoms with Gasteiger partial charge in [0.2, 0.25) is 10.0 Å². The summed E-state index contributed by atoms with van der Waals surface area (Å²) in [7, 11) is -2.13. The molecule has 0 spiro atoms. The molecule has 1 unspecified atom stereocenters. The van der Waals surface area contributed by atoms with Gasteiger partial charge >= 0.3 is 0 Å². The Balaban J connectivity index is 1.74. The average Bonchev–Trinajstić information content (AvgIpc) is 3.16. The zero-order valence-corrected chi connectivity index (χ0v) is 14.2. The van der Waals surface area contributed by atoms with Gasteiger partial charge in [-0.3, -0.25) is 4.79 Å². The van der Waals surface area contributed by atoms with Gasteiger partial charge in [-0.25, -0.2) is 18.1 Å². The number of likely N-dealkylation sites (tertiary alicyclic amines) is 1. The molecule has 1 saturated heterocycles. The van der Waals surface area contributed by atoms with E-state index in [1.807, 2.05) is 15.7 Å². The van der Waals surface area contributed by atoms with Crippen LogP contribution in [-0.4, -0.2) is 48.9 Å². The minimum Gasteiger partial charge on any atom is -0.337 e. The van der Waals surface area contributed by atoms with Crippen LogP contribution in [-0.2, 0) is 10.0 Å². The summed E-state index contributed by atoms with van der Waals surface area (Å²) in [6.07, 6.45) is 7.37. The highest BCUT2D eigenvalue weighted by molar-refractivity contribution is 7.89. The van der Waals surface area contributed by atoms with Gasteiger partial charge in [0.15, 0.2) is 0 Å². The Morgan fingerprint density at radius 2 is 2.04 bits per heavy atom. The van der Waals surface area contributed by atoms with Crippen LogP contribution in [0.4, 0.5) is 0 Å². The first-order chi connectivity index (χ1) is 11.5. The minimum atomic E-state index is -3.49. The van der Waals surface area contributed by atoms with Gasteiger partial charge in [0.05, 0.1) is 17.3 Å². The topological polar surface area (TPSA) is 84.3 Å². The maximum Gasteiger partial charge on any atom is 0.253 e. The van der Waals surface area contributed by atoms with Crippen LogP contribution in [0.15, 0.2) is 47.9 Å². The molecule has 2 aromatic rings. The quantitative estimate of drug-likeness (QED) is 0.902. The van der Waals surface area contributed by atoms with E-state index < -0.39 is 10.0 Å². The lowest BCUT2D eigenvalue weighted by molar-refractivity contribution is 0.0679. The van der Waals surface area contributed by atoms with E-state index >= 15 is 0 Å². The lowest BCUT2D eigenvalue weighted by atomic mass is 10.0. The second kappa shape index (κ2) is 6.74. The van der Waals surface area contributed by atoms with Crippen molar-refractivity contribution in [1.29, 1.82) is 0 Å². The Labute approximate surface area is 141 Å². The van der Waals surface area contributed by atoms with Gasteiger partial charge < -0.3 is 9.47 Å². The lowest BCUT2D eigenvalue weighted by Gasteiger charge is -2.33. The monoisotopic (exact) mass is 348 g/mol. The molecule has 0 saturated carbocycles. The first-order valence-corrected chi connectivity index (χ1v) is 9.30. The predicted molar refractivity (Wildman–Crippen MR) is 89.1 cm³/mol.